The average molecular weight is 233 g/mol. The number of hydrogen-bond acceptors (Lipinski definition) is 3. The molecule has 2 atom stereocenters. The first kappa shape index (κ1) is 10.1. The van der Waals surface area contributed by atoms with Crippen molar-refractivity contribution in [3.05, 3.63) is 29.6 Å². The van der Waals surface area contributed by atoms with E-state index in [9.17, 15) is 5.11 Å². The third-order valence-corrected chi connectivity index (χ3v) is 4.18. The molecular weight excluding hydrogens is 218 g/mol. The summed E-state index contributed by atoms with van der Waals surface area (Å²) in [6.07, 6.45) is 2.94. The molecule has 0 bridgehead atoms. The molecular formula is C13H15NOS. The van der Waals surface area contributed by atoms with Crippen LogP contribution in [0.3, 0.4) is 0 Å². The first-order valence-corrected chi connectivity index (χ1v) is 6.63. The summed E-state index contributed by atoms with van der Waals surface area (Å²) in [5.74, 6) is 0. The van der Waals surface area contributed by atoms with Gasteiger partial charge in [-0.1, -0.05) is 0 Å². The Balaban J connectivity index is 1.83. The van der Waals surface area contributed by atoms with Gasteiger partial charge in [-0.15, -0.1) is 11.3 Å². The Bertz CT molecular complexity index is 493. The Morgan fingerprint density at radius 3 is 3.00 bits per heavy atom. The van der Waals surface area contributed by atoms with Crippen molar-refractivity contribution >= 4 is 27.1 Å². The van der Waals surface area contributed by atoms with Crippen LogP contribution in [0, 0.1) is 0 Å². The van der Waals surface area contributed by atoms with Crippen LogP contribution >= 0.6 is 11.3 Å². The molecule has 2 N–H and O–H groups in total. The van der Waals surface area contributed by atoms with Gasteiger partial charge in [0.25, 0.3) is 0 Å². The minimum atomic E-state index is -0.182. The van der Waals surface area contributed by atoms with E-state index in [0.717, 1.165) is 24.9 Å². The highest BCUT2D eigenvalue weighted by atomic mass is 32.1. The number of aliphatic hydroxyl groups is 1. The molecule has 2 unspecified atom stereocenters. The van der Waals surface area contributed by atoms with Crippen LogP contribution < -0.4 is 5.32 Å². The zero-order valence-electron chi connectivity index (χ0n) is 9.02. The third kappa shape index (κ3) is 1.81. The van der Waals surface area contributed by atoms with Gasteiger partial charge in [-0.3, -0.25) is 0 Å². The number of fused-ring (bicyclic) bond motifs is 1. The number of aliphatic hydroxyl groups excluding tert-OH is 1. The zero-order chi connectivity index (χ0) is 11.0. The van der Waals surface area contributed by atoms with Crippen LogP contribution in [0.15, 0.2) is 29.6 Å². The second-order valence-electron chi connectivity index (χ2n) is 4.42. The first-order valence-electron chi connectivity index (χ1n) is 5.75. The van der Waals surface area contributed by atoms with Gasteiger partial charge in [0, 0.05) is 10.4 Å². The van der Waals surface area contributed by atoms with E-state index >= 15 is 0 Å². The maximum absolute atomic E-state index is 9.76. The van der Waals surface area contributed by atoms with E-state index in [-0.39, 0.29) is 12.1 Å². The summed E-state index contributed by atoms with van der Waals surface area (Å²) in [5.41, 5.74) is 1.12. The lowest BCUT2D eigenvalue weighted by atomic mass is 10.2. The molecule has 1 heterocycles. The van der Waals surface area contributed by atoms with Gasteiger partial charge >= 0.3 is 0 Å². The van der Waals surface area contributed by atoms with Crippen molar-refractivity contribution in [2.24, 2.45) is 0 Å². The van der Waals surface area contributed by atoms with Crippen molar-refractivity contribution in [3.63, 3.8) is 0 Å². The van der Waals surface area contributed by atoms with Crippen molar-refractivity contribution in [1.82, 2.24) is 0 Å². The predicted octanol–water partition coefficient (Wildman–Crippen LogP) is 3.23. The Morgan fingerprint density at radius 1 is 1.25 bits per heavy atom. The monoisotopic (exact) mass is 233 g/mol. The number of anilines is 1. The van der Waals surface area contributed by atoms with E-state index in [0.29, 0.717) is 0 Å². The van der Waals surface area contributed by atoms with Gasteiger partial charge in [0.05, 0.1) is 12.1 Å². The molecule has 3 rings (SSSR count). The fourth-order valence-corrected chi connectivity index (χ4v) is 3.15. The largest absolute Gasteiger partial charge is 0.391 e. The number of thiophene rings is 1. The smallest absolute Gasteiger partial charge is 0.0741 e. The molecule has 0 spiro atoms. The lowest BCUT2D eigenvalue weighted by Crippen LogP contribution is -2.27. The maximum Gasteiger partial charge on any atom is 0.0741 e. The van der Waals surface area contributed by atoms with E-state index in [1.54, 1.807) is 11.3 Å². The summed E-state index contributed by atoms with van der Waals surface area (Å²) >= 11 is 1.76. The predicted molar refractivity (Wildman–Crippen MR) is 69.1 cm³/mol. The quantitative estimate of drug-likeness (QED) is 0.834. The minimum Gasteiger partial charge on any atom is -0.391 e. The maximum atomic E-state index is 9.76. The molecule has 0 amide bonds. The van der Waals surface area contributed by atoms with Gasteiger partial charge < -0.3 is 10.4 Å². The topological polar surface area (TPSA) is 32.3 Å². The van der Waals surface area contributed by atoms with Crippen LogP contribution in [0.4, 0.5) is 5.69 Å². The Morgan fingerprint density at radius 2 is 2.19 bits per heavy atom. The van der Waals surface area contributed by atoms with E-state index in [1.165, 1.54) is 10.1 Å². The molecule has 2 aromatic rings. The van der Waals surface area contributed by atoms with Gasteiger partial charge in [0.1, 0.15) is 0 Å². The molecule has 1 saturated carbocycles. The lowest BCUT2D eigenvalue weighted by molar-refractivity contribution is 0.172. The molecule has 0 aliphatic heterocycles. The van der Waals surface area contributed by atoms with Gasteiger partial charge in [0.2, 0.25) is 0 Å². The van der Waals surface area contributed by atoms with Gasteiger partial charge in [0.15, 0.2) is 0 Å². The second-order valence-corrected chi connectivity index (χ2v) is 5.37. The van der Waals surface area contributed by atoms with Crippen LogP contribution in [0.25, 0.3) is 10.1 Å². The van der Waals surface area contributed by atoms with Crippen LogP contribution in [0.5, 0.6) is 0 Å². The summed E-state index contributed by atoms with van der Waals surface area (Å²) < 4.78 is 1.32. The van der Waals surface area contributed by atoms with E-state index in [1.807, 2.05) is 0 Å². The lowest BCUT2D eigenvalue weighted by Gasteiger charge is -2.17. The van der Waals surface area contributed by atoms with Gasteiger partial charge in [-0.25, -0.2) is 0 Å². The van der Waals surface area contributed by atoms with Crippen molar-refractivity contribution in [3.8, 4) is 0 Å². The highest BCUT2D eigenvalue weighted by Crippen LogP contribution is 2.27. The van der Waals surface area contributed by atoms with Crippen LogP contribution in [0.1, 0.15) is 19.3 Å². The van der Waals surface area contributed by atoms with Crippen LogP contribution in [-0.2, 0) is 0 Å². The number of benzene rings is 1. The molecule has 1 aliphatic carbocycles. The number of nitrogens with one attached hydrogen (secondary N) is 1. The molecule has 1 fully saturated rings. The molecule has 0 saturated heterocycles. The first-order chi connectivity index (χ1) is 7.83. The number of hydrogen-bond donors (Lipinski definition) is 2. The van der Waals surface area contributed by atoms with Crippen molar-refractivity contribution < 1.29 is 5.11 Å². The second kappa shape index (κ2) is 4.07. The molecule has 84 valence electrons. The highest BCUT2D eigenvalue weighted by Gasteiger charge is 2.24. The molecule has 1 aliphatic rings. The summed E-state index contributed by atoms with van der Waals surface area (Å²) in [5, 5.41) is 16.6. The SMILES string of the molecule is OC1CCCC1Nc1ccc2sccc2c1. The Kier molecular flexibility index (Phi) is 2.58. The summed E-state index contributed by atoms with van der Waals surface area (Å²) in [4.78, 5) is 0. The van der Waals surface area contributed by atoms with Gasteiger partial charge in [-0.2, -0.15) is 0 Å². The fraction of sp³-hybridized carbons (Fsp3) is 0.385. The molecule has 1 aromatic heterocycles. The Labute approximate surface area is 98.9 Å². The number of rotatable bonds is 2. The molecule has 16 heavy (non-hydrogen) atoms. The van der Waals surface area contributed by atoms with Crippen molar-refractivity contribution in [2.45, 2.75) is 31.4 Å². The molecule has 1 aromatic carbocycles. The molecule has 0 radical (unpaired) electrons. The zero-order valence-corrected chi connectivity index (χ0v) is 9.83. The normalized spacial score (nSPS) is 25.1. The third-order valence-electron chi connectivity index (χ3n) is 3.28. The van der Waals surface area contributed by atoms with E-state index in [4.69, 9.17) is 0 Å². The average Bonchev–Trinajstić information content (AvgIpc) is 2.88. The minimum absolute atomic E-state index is 0.182. The van der Waals surface area contributed by atoms with Crippen LogP contribution in [-0.4, -0.2) is 17.3 Å². The van der Waals surface area contributed by atoms with Crippen molar-refractivity contribution in [2.75, 3.05) is 5.32 Å². The van der Waals surface area contributed by atoms with E-state index < -0.39 is 0 Å². The summed E-state index contributed by atoms with van der Waals surface area (Å²) in [7, 11) is 0. The van der Waals surface area contributed by atoms with Crippen LogP contribution in [0.2, 0.25) is 0 Å². The standard InChI is InChI=1S/C13H15NOS/c15-12-3-1-2-11(12)14-10-4-5-13-9(8-10)6-7-16-13/h4-8,11-12,14-15H,1-3H2. The Hall–Kier alpha value is -1.06. The molecule has 2 nitrogen and oxygen atoms in total. The van der Waals surface area contributed by atoms with Crippen molar-refractivity contribution in [1.29, 1.82) is 0 Å². The summed E-state index contributed by atoms with van der Waals surface area (Å²) in [6.45, 7) is 0. The highest BCUT2D eigenvalue weighted by molar-refractivity contribution is 7.17. The fourth-order valence-electron chi connectivity index (χ4n) is 2.38. The molecule has 3 heteroatoms. The van der Waals surface area contributed by atoms with Gasteiger partial charge in [-0.05, 0) is 54.3 Å². The summed E-state index contributed by atoms with van der Waals surface area (Å²) in [6, 6.07) is 8.77. The van der Waals surface area contributed by atoms with E-state index in [2.05, 4.69) is 35.0 Å².